The second-order valence-electron chi connectivity index (χ2n) is 4.16. The summed E-state index contributed by atoms with van der Waals surface area (Å²) in [5.74, 6) is 0. The van der Waals surface area contributed by atoms with E-state index >= 15 is 0 Å². The molecule has 0 aliphatic heterocycles. The number of rotatable bonds is 10. The summed E-state index contributed by atoms with van der Waals surface area (Å²) in [6.07, 6.45) is 1.81. The Bertz CT molecular complexity index is 429. The summed E-state index contributed by atoms with van der Waals surface area (Å²) in [5, 5.41) is 14.0. The van der Waals surface area contributed by atoms with Crippen LogP contribution in [0.25, 0.3) is 0 Å². The van der Waals surface area contributed by atoms with Gasteiger partial charge in [-0.3, -0.25) is 10.1 Å². The summed E-state index contributed by atoms with van der Waals surface area (Å²) >= 11 is 2.06. The molecule has 112 valence electrons. The van der Waals surface area contributed by atoms with Crippen LogP contribution in [0.4, 0.5) is 11.4 Å². The normalized spacial score (nSPS) is 10.5. The van der Waals surface area contributed by atoms with Crippen LogP contribution in [0.15, 0.2) is 18.2 Å². The minimum absolute atomic E-state index is 0.119. The van der Waals surface area contributed by atoms with Gasteiger partial charge in [0.05, 0.1) is 18.1 Å². The summed E-state index contributed by atoms with van der Waals surface area (Å²) in [4.78, 5) is 10.6. The predicted molar refractivity (Wildman–Crippen MR) is 86.2 cm³/mol. The first-order chi connectivity index (χ1) is 9.65. The number of hydrogen-bond donors (Lipinski definition) is 1. The summed E-state index contributed by atoms with van der Waals surface area (Å²) in [6, 6.07) is 5.16. The van der Waals surface area contributed by atoms with Gasteiger partial charge in [0.1, 0.15) is 5.69 Å². The molecular weight excluding hydrogens is 375 g/mol. The highest BCUT2D eigenvalue weighted by atomic mass is 127. The number of hydrogen-bond acceptors (Lipinski definition) is 5. The molecule has 1 aromatic carbocycles. The Morgan fingerprint density at radius 3 is 2.80 bits per heavy atom. The Balaban J connectivity index is 2.27. The third-order valence-electron chi connectivity index (χ3n) is 2.62. The van der Waals surface area contributed by atoms with E-state index in [2.05, 4.69) is 27.9 Å². The smallest absolute Gasteiger partial charge is 0.293 e. The molecule has 0 aliphatic rings. The van der Waals surface area contributed by atoms with Crippen LogP contribution in [0.3, 0.4) is 0 Å². The van der Waals surface area contributed by atoms with Gasteiger partial charge in [0, 0.05) is 29.9 Å². The second-order valence-corrected chi connectivity index (χ2v) is 5.40. The molecule has 0 saturated carbocycles. The molecule has 0 radical (unpaired) electrons. The van der Waals surface area contributed by atoms with Crippen molar-refractivity contribution in [3.63, 3.8) is 0 Å². The molecule has 0 atom stereocenters. The maximum absolute atomic E-state index is 10.9. The van der Waals surface area contributed by atoms with Gasteiger partial charge in [-0.25, -0.2) is 0 Å². The van der Waals surface area contributed by atoms with Gasteiger partial charge in [0.2, 0.25) is 0 Å². The number of nitro benzene ring substituents is 1. The minimum Gasteiger partial charge on any atom is -0.382 e. The standard InChI is InChI=1S/C13H19IN2O4/c1-19-8-9-20-7-3-2-6-15-12-5-4-11(14)10-13(12)16(17)18/h4-5,10,15H,2-3,6-9H2,1H3. The number of unbranched alkanes of at least 4 members (excludes halogenated alkanes) is 1. The molecule has 0 aromatic heterocycles. The molecular formula is C13H19IN2O4. The highest BCUT2D eigenvalue weighted by Gasteiger charge is 2.13. The summed E-state index contributed by atoms with van der Waals surface area (Å²) < 4.78 is 11.1. The molecule has 0 bridgehead atoms. The predicted octanol–water partition coefficient (Wildman–Crippen LogP) is 3.05. The zero-order chi connectivity index (χ0) is 14.8. The van der Waals surface area contributed by atoms with E-state index in [9.17, 15) is 10.1 Å². The Kier molecular flexibility index (Phi) is 8.47. The van der Waals surface area contributed by atoms with E-state index < -0.39 is 0 Å². The van der Waals surface area contributed by atoms with E-state index in [1.54, 1.807) is 19.2 Å². The van der Waals surface area contributed by atoms with Gasteiger partial charge in [-0.2, -0.15) is 0 Å². The highest BCUT2D eigenvalue weighted by molar-refractivity contribution is 14.1. The van der Waals surface area contributed by atoms with Gasteiger partial charge in [-0.05, 0) is 47.6 Å². The third-order valence-corrected chi connectivity index (χ3v) is 3.29. The van der Waals surface area contributed by atoms with Crippen LogP contribution in [0.5, 0.6) is 0 Å². The van der Waals surface area contributed by atoms with E-state index in [4.69, 9.17) is 9.47 Å². The van der Waals surface area contributed by atoms with Crippen LogP contribution in [-0.4, -0.2) is 38.4 Å². The minimum atomic E-state index is -0.363. The molecule has 0 amide bonds. The lowest BCUT2D eigenvalue weighted by atomic mass is 10.2. The number of nitro groups is 1. The van der Waals surface area contributed by atoms with Crippen molar-refractivity contribution in [3.05, 3.63) is 31.9 Å². The molecule has 0 unspecified atom stereocenters. The Hall–Kier alpha value is -0.930. The van der Waals surface area contributed by atoms with E-state index in [1.807, 2.05) is 6.07 Å². The number of nitrogens with zero attached hydrogens (tertiary/aromatic N) is 1. The zero-order valence-corrected chi connectivity index (χ0v) is 13.6. The number of benzene rings is 1. The van der Waals surface area contributed by atoms with Crippen LogP contribution < -0.4 is 5.32 Å². The van der Waals surface area contributed by atoms with E-state index in [1.165, 1.54) is 0 Å². The third kappa shape index (κ3) is 6.49. The Morgan fingerprint density at radius 1 is 1.30 bits per heavy atom. The molecule has 20 heavy (non-hydrogen) atoms. The van der Waals surface area contributed by atoms with Gasteiger partial charge in [-0.15, -0.1) is 0 Å². The topological polar surface area (TPSA) is 73.6 Å². The monoisotopic (exact) mass is 394 g/mol. The molecule has 1 aromatic rings. The number of anilines is 1. The SMILES string of the molecule is COCCOCCCCNc1ccc(I)cc1[N+](=O)[O-]. The molecule has 0 saturated heterocycles. The van der Waals surface area contributed by atoms with Gasteiger partial charge in [-0.1, -0.05) is 0 Å². The van der Waals surface area contributed by atoms with Gasteiger partial charge >= 0.3 is 0 Å². The molecule has 0 spiro atoms. The Labute approximate surface area is 132 Å². The van der Waals surface area contributed by atoms with Crippen LogP contribution in [0.1, 0.15) is 12.8 Å². The lowest BCUT2D eigenvalue weighted by molar-refractivity contribution is -0.384. The number of ether oxygens (including phenoxy) is 2. The second kappa shape index (κ2) is 9.89. The molecule has 1 rings (SSSR count). The zero-order valence-electron chi connectivity index (χ0n) is 11.4. The van der Waals surface area contributed by atoms with Crippen molar-refractivity contribution in [2.75, 3.05) is 38.8 Å². The van der Waals surface area contributed by atoms with Crippen LogP contribution in [-0.2, 0) is 9.47 Å². The summed E-state index contributed by atoms with van der Waals surface area (Å²) in [6.45, 7) is 2.58. The Morgan fingerprint density at radius 2 is 2.10 bits per heavy atom. The van der Waals surface area contributed by atoms with Crippen molar-refractivity contribution in [1.29, 1.82) is 0 Å². The molecule has 6 nitrogen and oxygen atoms in total. The largest absolute Gasteiger partial charge is 0.382 e. The fourth-order valence-corrected chi connectivity index (χ4v) is 2.08. The van der Waals surface area contributed by atoms with E-state index in [-0.39, 0.29) is 10.6 Å². The first-order valence-electron chi connectivity index (χ1n) is 6.39. The van der Waals surface area contributed by atoms with E-state index in [0.29, 0.717) is 32.1 Å². The van der Waals surface area contributed by atoms with E-state index in [0.717, 1.165) is 16.4 Å². The lowest BCUT2D eigenvalue weighted by Gasteiger charge is -2.07. The van der Waals surface area contributed by atoms with Crippen molar-refractivity contribution in [2.24, 2.45) is 0 Å². The summed E-state index contributed by atoms with van der Waals surface area (Å²) in [7, 11) is 1.64. The molecule has 0 fully saturated rings. The average molecular weight is 394 g/mol. The number of methoxy groups -OCH3 is 1. The van der Waals surface area contributed by atoms with Crippen LogP contribution in [0, 0.1) is 13.7 Å². The van der Waals surface area contributed by atoms with Crippen molar-refractivity contribution in [2.45, 2.75) is 12.8 Å². The maximum atomic E-state index is 10.9. The first-order valence-corrected chi connectivity index (χ1v) is 7.47. The average Bonchev–Trinajstić information content (AvgIpc) is 2.43. The lowest BCUT2D eigenvalue weighted by Crippen LogP contribution is -2.07. The maximum Gasteiger partial charge on any atom is 0.293 e. The van der Waals surface area contributed by atoms with Gasteiger partial charge in [0.15, 0.2) is 0 Å². The van der Waals surface area contributed by atoms with Crippen molar-refractivity contribution >= 4 is 34.0 Å². The van der Waals surface area contributed by atoms with Crippen molar-refractivity contribution < 1.29 is 14.4 Å². The fourth-order valence-electron chi connectivity index (χ4n) is 1.60. The van der Waals surface area contributed by atoms with Gasteiger partial charge in [0.25, 0.3) is 5.69 Å². The van der Waals surface area contributed by atoms with Crippen LogP contribution >= 0.6 is 22.6 Å². The highest BCUT2D eigenvalue weighted by Crippen LogP contribution is 2.26. The quantitative estimate of drug-likeness (QED) is 0.286. The summed E-state index contributed by atoms with van der Waals surface area (Å²) in [5.41, 5.74) is 0.684. The number of nitrogens with one attached hydrogen (secondary N) is 1. The molecule has 0 heterocycles. The number of halogens is 1. The molecule has 7 heteroatoms. The molecule has 1 N–H and O–H groups in total. The van der Waals surface area contributed by atoms with Crippen molar-refractivity contribution in [3.8, 4) is 0 Å². The van der Waals surface area contributed by atoms with Crippen molar-refractivity contribution in [1.82, 2.24) is 0 Å². The van der Waals surface area contributed by atoms with Crippen LogP contribution in [0.2, 0.25) is 0 Å². The van der Waals surface area contributed by atoms with Gasteiger partial charge < -0.3 is 14.8 Å². The molecule has 0 aliphatic carbocycles. The fraction of sp³-hybridized carbons (Fsp3) is 0.538. The first kappa shape index (κ1) is 17.1.